The van der Waals surface area contributed by atoms with Crippen LogP contribution >= 0.6 is 0 Å². The molecule has 8 nitrogen and oxygen atoms in total. The maximum absolute atomic E-state index is 12.6. The van der Waals surface area contributed by atoms with Gasteiger partial charge in [-0.05, 0) is 25.8 Å². The minimum absolute atomic E-state index is 0. The quantitative estimate of drug-likeness (QED) is 0.345. The first-order valence-corrected chi connectivity index (χ1v) is 8.51. The summed E-state index contributed by atoms with van der Waals surface area (Å²) in [6.07, 6.45) is 1.47. The number of allylic oxidation sites excluding steroid dienone is 1. The maximum atomic E-state index is 12.6. The molecule has 141 valence electrons. The van der Waals surface area contributed by atoms with Crippen molar-refractivity contribution in [2.24, 2.45) is 0 Å². The predicted octanol–water partition coefficient (Wildman–Crippen LogP) is 0.631. The van der Waals surface area contributed by atoms with E-state index in [1.807, 2.05) is 0 Å². The number of amides is 1. The van der Waals surface area contributed by atoms with Crippen LogP contribution in [0.1, 0.15) is 43.4 Å². The summed E-state index contributed by atoms with van der Waals surface area (Å²) in [7, 11) is 3.31. The fourth-order valence-electron chi connectivity index (χ4n) is 2.81. The van der Waals surface area contributed by atoms with Gasteiger partial charge in [0, 0.05) is 69.5 Å². The molecular weight excluding hydrogens is 361 g/mol. The number of hydrogen-bond donors (Lipinski definition) is 1. The van der Waals surface area contributed by atoms with Crippen molar-refractivity contribution < 1.29 is 19.5 Å². The van der Waals surface area contributed by atoms with E-state index >= 15 is 0 Å². The van der Waals surface area contributed by atoms with Gasteiger partial charge in [-0.15, -0.1) is 0 Å². The number of aliphatic hydroxyl groups is 1. The van der Waals surface area contributed by atoms with Gasteiger partial charge in [-0.25, -0.2) is 4.68 Å². The van der Waals surface area contributed by atoms with Crippen molar-refractivity contribution in [3.63, 3.8) is 0 Å². The Morgan fingerprint density at radius 1 is 1.22 bits per heavy atom. The van der Waals surface area contributed by atoms with E-state index in [1.54, 1.807) is 21.0 Å². The van der Waals surface area contributed by atoms with Crippen LogP contribution in [0.5, 0.6) is 0 Å². The van der Waals surface area contributed by atoms with Gasteiger partial charge >= 0.3 is 0 Å². The molecule has 1 aromatic rings. The molecule has 0 saturated heterocycles. The second-order valence-electron chi connectivity index (χ2n) is 6.54. The van der Waals surface area contributed by atoms with Crippen LogP contribution in [0, 0.1) is 6.92 Å². The topological polar surface area (TPSA) is 110 Å². The van der Waals surface area contributed by atoms with Crippen LogP contribution in [0.4, 0.5) is 0 Å². The fourth-order valence-corrected chi connectivity index (χ4v) is 2.81. The van der Waals surface area contributed by atoms with Crippen molar-refractivity contribution in [1.82, 2.24) is 14.7 Å². The number of carbonyl (C=O) groups excluding carboxylic acids is 3. The summed E-state index contributed by atoms with van der Waals surface area (Å²) in [4.78, 5) is 49.7. The number of aliphatic hydroxyl groups excluding tert-OH is 1. The van der Waals surface area contributed by atoms with Crippen molar-refractivity contribution in [1.29, 1.82) is 0 Å². The van der Waals surface area contributed by atoms with Crippen molar-refractivity contribution in [3.05, 3.63) is 33.3 Å². The summed E-state index contributed by atoms with van der Waals surface area (Å²) in [6.45, 7) is 1.84. The number of carbonyl (C=O) groups is 3. The van der Waals surface area contributed by atoms with E-state index in [0.29, 0.717) is 18.5 Å². The second kappa shape index (κ2) is 9.96. The van der Waals surface area contributed by atoms with Crippen LogP contribution in [-0.4, -0.2) is 80.9 Å². The molecule has 0 aromatic carbocycles. The average molecular weight is 384 g/mol. The number of ketones is 2. The number of rotatable bonds is 5. The summed E-state index contributed by atoms with van der Waals surface area (Å²) >= 11 is 0. The predicted molar refractivity (Wildman–Crippen MR) is 100 cm³/mol. The third-order valence-corrected chi connectivity index (χ3v) is 4.21. The summed E-state index contributed by atoms with van der Waals surface area (Å²) < 4.78 is 1.15. The van der Waals surface area contributed by atoms with Gasteiger partial charge in [-0.2, -0.15) is 5.10 Å². The molecule has 1 aromatic heterocycles. The molecule has 1 aliphatic rings. The molecule has 0 spiro atoms. The molecule has 1 aliphatic carbocycles. The molecule has 1 saturated carbocycles. The zero-order valence-corrected chi connectivity index (χ0v) is 18.2. The van der Waals surface area contributed by atoms with Crippen molar-refractivity contribution in [2.45, 2.75) is 45.6 Å². The normalized spacial score (nSPS) is 14.0. The number of Topliss-reactive ketones (excluding diaryl/α,β-unsaturated/α-hetero) is 2. The van der Waals surface area contributed by atoms with Crippen molar-refractivity contribution in [2.75, 3.05) is 14.1 Å². The van der Waals surface area contributed by atoms with Crippen molar-refractivity contribution in [3.8, 4) is 0 Å². The van der Waals surface area contributed by atoms with Crippen LogP contribution in [0.3, 0.4) is 0 Å². The third kappa shape index (κ3) is 5.60. The first-order valence-electron chi connectivity index (χ1n) is 8.51. The molecule has 27 heavy (non-hydrogen) atoms. The standard InChI is InChI=1S/C18H23N3O5.Na/c1-11-10-12(17(25)16-13(22)6-4-7-14(16)23)18(26)21(19-11)9-5-8-15(24)20(2)3;/h10,25H,4-9H2,1-3H3;. The van der Waals surface area contributed by atoms with E-state index in [2.05, 4.69) is 5.10 Å². The van der Waals surface area contributed by atoms with Crippen LogP contribution < -0.4 is 5.56 Å². The SMILES string of the molecule is Cc1cc(C(O)=C2C(=O)CCCC2=O)c(=O)n(CCCC(=O)N(C)C)n1.[Na]. The van der Waals surface area contributed by atoms with E-state index in [1.165, 1.54) is 11.0 Å². The largest absolute Gasteiger partial charge is 0.506 e. The molecule has 0 bridgehead atoms. The minimum Gasteiger partial charge on any atom is -0.506 e. The van der Waals surface area contributed by atoms with Gasteiger partial charge in [-0.1, -0.05) is 0 Å². The summed E-state index contributed by atoms with van der Waals surface area (Å²) in [6, 6.07) is 1.36. The van der Waals surface area contributed by atoms with Crippen LogP contribution in [0.2, 0.25) is 0 Å². The fraction of sp³-hybridized carbons (Fsp3) is 0.500. The maximum Gasteiger partial charge on any atom is 0.277 e. The van der Waals surface area contributed by atoms with Crippen LogP contribution in [0.15, 0.2) is 16.4 Å². The first kappa shape index (κ1) is 23.3. The average Bonchev–Trinajstić information content (AvgIpc) is 2.57. The smallest absolute Gasteiger partial charge is 0.277 e. The molecular formula is C18H23N3NaO5. The van der Waals surface area contributed by atoms with E-state index in [-0.39, 0.29) is 72.4 Å². The molecule has 1 fully saturated rings. The molecule has 1 heterocycles. The zero-order valence-electron chi connectivity index (χ0n) is 16.2. The molecule has 0 unspecified atom stereocenters. The molecule has 0 atom stereocenters. The molecule has 1 amide bonds. The summed E-state index contributed by atoms with van der Waals surface area (Å²) in [5.41, 5.74) is -0.547. The molecule has 2 rings (SSSR count). The summed E-state index contributed by atoms with van der Waals surface area (Å²) in [5, 5.41) is 14.6. The Bertz CT molecular complexity index is 824. The second-order valence-corrected chi connectivity index (χ2v) is 6.54. The number of hydrogen-bond acceptors (Lipinski definition) is 6. The third-order valence-electron chi connectivity index (χ3n) is 4.21. The Labute approximate surface area is 179 Å². The van der Waals surface area contributed by atoms with Crippen LogP contribution in [0.25, 0.3) is 5.76 Å². The van der Waals surface area contributed by atoms with Gasteiger partial charge in [0.2, 0.25) is 5.91 Å². The Hall–Kier alpha value is -1.77. The van der Waals surface area contributed by atoms with Crippen LogP contribution in [-0.2, 0) is 20.9 Å². The molecule has 9 heteroatoms. The Balaban J connectivity index is 0.00000364. The summed E-state index contributed by atoms with van der Waals surface area (Å²) in [5.74, 6) is -1.53. The zero-order chi connectivity index (χ0) is 19.4. The van der Waals surface area contributed by atoms with E-state index in [4.69, 9.17) is 0 Å². The molecule has 1 N–H and O–H groups in total. The van der Waals surface area contributed by atoms with E-state index < -0.39 is 22.9 Å². The van der Waals surface area contributed by atoms with E-state index in [9.17, 15) is 24.3 Å². The Morgan fingerprint density at radius 3 is 2.37 bits per heavy atom. The monoisotopic (exact) mass is 384 g/mol. The molecule has 1 radical (unpaired) electrons. The van der Waals surface area contributed by atoms with E-state index in [0.717, 1.165) is 4.68 Å². The number of aryl methyl sites for hydroxylation is 2. The van der Waals surface area contributed by atoms with Gasteiger partial charge in [0.1, 0.15) is 11.3 Å². The first-order chi connectivity index (χ1) is 12.2. The minimum atomic E-state index is -0.593. The molecule has 0 aliphatic heterocycles. The van der Waals surface area contributed by atoms with Gasteiger partial charge in [0.15, 0.2) is 11.6 Å². The number of aromatic nitrogens is 2. The van der Waals surface area contributed by atoms with Crippen molar-refractivity contribution >= 4 is 52.8 Å². The van der Waals surface area contributed by atoms with Gasteiger partial charge in [0.05, 0.1) is 11.3 Å². The van der Waals surface area contributed by atoms with Gasteiger partial charge in [-0.3, -0.25) is 19.2 Å². The Kier molecular flexibility index (Phi) is 8.59. The van der Waals surface area contributed by atoms with Gasteiger partial charge < -0.3 is 10.0 Å². The Morgan fingerprint density at radius 2 is 1.81 bits per heavy atom. The van der Waals surface area contributed by atoms with Gasteiger partial charge in [0.25, 0.3) is 5.56 Å². The number of nitrogens with zero attached hydrogens (tertiary/aromatic N) is 3.